The van der Waals surface area contributed by atoms with E-state index in [0.717, 1.165) is 5.01 Å². The Bertz CT molecular complexity index is 636. The lowest BCUT2D eigenvalue weighted by atomic mass is 10.0. The highest BCUT2D eigenvalue weighted by Gasteiger charge is 2.27. The van der Waals surface area contributed by atoms with Crippen molar-refractivity contribution >= 4 is 11.6 Å². The van der Waals surface area contributed by atoms with Crippen LogP contribution in [0.5, 0.6) is 0 Å². The highest BCUT2D eigenvalue weighted by atomic mass is 16.6. The van der Waals surface area contributed by atoms with Crippen molar-refractivity contribution in [2.75, 3.05) is 19.8 Å². The topological polar surface area (TPSA) is 141 Å². The van der Waals surface area contributed by atoms with Crippen molar-refractivity contribution < 1.29 is 9.72 Å². The summed E-state index contributed by atoms with van der Waals surface area (Å²) in [5.74, 6) is 5.47. The zero-order valence-electron chi connectivity index (χ0n) is 12.4. The molecule has 1 aliphatic heterocycles. The fraction of sp³-hybridized carbons (Fsp3) is 0.462. The van der Waals surface area contributed by atoms with E-state index < -0.39 is 10.8 Å². The Morgan fingerprint density at radius 2 is 2.22 bits per heavy atom. The van der Waals surface area contributed by atoms with E-state index in [1.807, 2.05) is 4.90 Å². The summed E-state index contributed by atoms with van der Waals surface area (Å²) in [6.07, 6.45) is 1.30. The predicted molar refractivity (Wildman–Crippen MR) is 82.1 cm³/mol. The van der Waals surface area contributed by atoms with Gasteiger partial charge in [-0.2, -0.15) is 0 Å². The number of carbonyl (C=O) groups is 1. The van der Waals surface area contributed by atoms with Crippen LogP contribution in [-0.4, -0.2) is 46.5 Å². The number of nitrogens with two attached hydrogens (primary N) is 1. The molecule has 1 amide bonds. The van der Waals surface area contributed by atoms with Crippen molar-refractivity contribution in [2.45, 2.75) is 18.9 Å². The molecule has 1 aromatic carbocycles. The predicted octanol–water partition coefficient (Wildman–Crippen LogP) is 1.64. The number of rotatable bonds is 5. The van der Waals surface area contributed by atoms with Crippen LogP contribution in [0.4, 0.5) is 5.69 Å². The molecular formula is C13H17N7O3. The fourth-order valence-electron chi connectivity index (χ4n) is 2.52. The molecule has 0 radical (unpaired) electrons. The molecular weight excluding hydrogens is 302 g/mol. The van der Waals surface area contributed by atoms with Gasteiger partial charge < -0.3 is 0 Å². The number of hydrazine groups is 1. The average Bonchev–Trinajstić information content (AvgIpc) is 2.59. The third-order valence-corrected chi connectivity index (χ3v) is 3.82. The second-order valence-corrected chi connectivity index (χ2v) is 5.24. The summed E-state index contributed by atoms with van der Waals surface area (Å²) in [6, 6.07) is 5.36. The minimum absolute atomic E-state index is 0.145. The largest absolute Gasteiger partial charge is 0.298 e. The van der Waals surface area contributed by atoms with E-state index in [9.17, 15) is 14.9 Å². The molecule has 0 spiro atoms. The number of nitro benzene ring substituents is 1. The number of benzene rings is 1. The van der Waals surface area contributed by atoms with Crippen molar-refractivity contribution in [3.63, 3.8) is 0 Å². The van der Waals surface area contributed by atoms with Crippen LogP contribution in [0.2, 0.25) is 0 Å². The van der Waals surface area contributed by atoms with Gasteiger partial charge in [0.25, 0.3) is 11.6 Å². The van der Waals surface area contributed by atoms with Gasteiger partial charge in [0.1, 0.15) is 0 Å². The molecule has 2 N–H and O–H groups in total. The molecule has 0 aromatic heterocycles. The van der Waals surface area contributed by atoms with Gasteiger partial charge in [-0.15, -0.1) is 0 Å². The number of amides is 1. The van der Waals surface area contributed by atoms with E-state index in [0.29, 0.717) is 32.6 Å². The maximum Gasteiger partial charge on any atom is 0.270 e. The van der Waals surface area contributed by atoms with E-state index in [1.54, 1.807) is 0 Å². The monoisotopic (exact) mass is 319 g/mol. The fourth-order valence-corrected chi connectivity index (χ4v) is 2.52. The van der Waals surface area contributed by atoms with E-state index in [4.69, 9.17) is 11.4 Å². The average molecular weight is 319 g/mol. The van der Waals surface area contributed by atoms with Crippen LogP contribution in [0, 0.1) is 10.1 Å². The van der Waals surface area contributed by atoms with E-state index in [-0.39, 0.29) is 17.3 Å². The van der Waals surface area contributed by atoms with Gasteiger partial charge in [-0.1, -0.05) is 11.2 Å². The quantitative estimate of drug-likeness (QED) is 0.167. The lowest BCUT2D eigenvalue weighted by Crippen LogP contribution is -2.50. The van der Waals surface area contributed by atoms with Gasteiger partial charge >= 0.3 is 0 Å². The van der Waals surface area contributed by atoms with Crippen LogP contribution >= 0.6 is 0 Å². The van der Waals surface area contributed by atoms with Crippen LogP contribution in [-0.2, 0) is 0 Å². The number of nitro groups is 1. The second-order valence-electron chi connectivity index (χ2n) is 5.24. The summed E-state index contributed by atoms with van der Waals surface area (Å²) in [5, 5.41) is 15.4. The van der Waals surface area contributed by atoms with Crippen molar-refractivity contribution in [1.29, 1.82) is 0 Å². The van der Waals surface area contributed by atoms with Crippen LogP contribution in [0.15, 0.2) is 29.4 Å². The highest BCUT2D eigenvalue weighted by Crippen LogP contribution is 2.18. The number of non-ortho nitro benzene ring substituents is 1. The first kappa shape index (κ1) is 16.7. The lowest BCUT2D eigenvalue weighted by molar-refractivity contribution is -0.384. The molecule has 10 heteroatoms. The van der Waals surface area contributed by atoms with Crippen molar-refractivity contribution in [1.82, 2.24) is 9.91 Å². The molecule has 1 fully saturated rings. The first-order valence-corrected chi connectivity index (χ1v) is 7.09. The molecule has 0 saturated carbocycles. The van der Waals surface area contributed by atoms with Crippen molar-refractivity contribution in [3.05, 3.63) is 50.4 Å². The summed E-state index contributed by atoms with van der Waals surface area (Å²) in [6.45, 7) is 1.63. The molecule has 23 heavy (non-hydrogen) atoms. The number of nitrogens with zero attached hydrogens (tertiary/aromatic N) is 6. The first-order chi connectivity index (χ1) is 11.0. The van der Waals surface area contributed by atoms with Crippen molar-refractivity contribution in [3.8, 4) is 0 Å². The Hall–Kier alpha value is -2.68. The molecule has 2 rings (SSSR count). The number of azide groups is 1. The summed E-state index contributed by atoms with van der Waals surface area (Å²) in [7, 11) is 0. The number of hydrogen-bond donors (Lipinski definition) is 1. The van der Waals surface area contributed by atoms with Gasteiger partial charge in [-0.3, -0.25) is 24.8 Å². The van der Waals surface area contributed by atoms with E-state index in [2.05, 4.69) is 10.0 Å². The minimum Gasteiger partial charge on any atom is -0.298 e. The third-order valence-electron chi connectivity index (χ3n) is 3.82. The first-order valence-electron chi connectivity index (χ1n) is 7.09. The highest BCUT2D eigenvalue weighted by molar-refractivity contribution is 5.94. The van der Waals surface area contributed by atoms with Gasteiger partial charge in [0.05, 0.1) is 17.6 Å². The van der Waals surface area contributed by atoms with Crippen molar-refractivity contribution in [2.24, 2.45) is 11.0 Å². The molecule has 10 nitrogen and oxygen atoms in total. The summed E-state index contributed by atoms with van der Waals surface area (Å²) in [4.78, 5) is 27.3. The number of piperidine rings is 1. The Balaban J connectivity index is 1.99. The van der Waals surface area contributed by atoms with Crippen LogP contribution in [0.3, 0.4) is 0 Å². The maximum atomic E-state index is 12.4. The molecule has 1 saturated heterocycles. The Morgan fingerprint density at radius 3 is 2.83 bits per heavy atom. The Morgan fingerprint density at radius 1 is 1.52 bits per heavy atom. The van der Waals surface area contributed by atoms with Gasteiger partial charge in [0.2, 0.25) is 0 Å². The maximum absolute atomic E-state index is 12.4. The standard InChI is InChI=1S/C13H17N7O3/c14-17-16-9-18-6-4-11(5-7-18)19(15)13(21)10-2-1-3-12(8-10)20(22)23/h1-3,8,11H,4-7,9,15H2. The SMILES string of the molecule is [N-]=[N+]=NCN1CCC(N(N)C(=O)c2cccc([N+](=O)[O-])c2)CC1. The minimum atomic E-state index is -0.550. The number of carbonyl (C=O) groups excluding carboxylic acids is 1. The smallest absolute Gasteiger partial charge is 0.270 e. The number of hydrogen-bond acceptors (Lipinski definition) is 6. The van der Waals surface area contributed by atoms with Gasteiger partial charge in [-0.25, -0.2) is 5.84 Å². The lowest BCUT2D eigenvalue weighted by Gasteiger charge is -2.35. The molecule has 0 bridgehead atoms. The Kier molecular flexibility index (Phi) is 5.47. The summed E-state index contributed by atoms with van der Waals surface area (Å²) in [5.41, 5.74) is 8.36. The number of likely N-dealkylation sites (tertiary alicyclic amines) is 1. The van der Waals surface area contributed by atoms with Crippen LogP contribution in [0.1, 0.15) is 23.2 Å². The van der Waals surface area contributed by atoms with Crippen LogP contribution < -0.4 is 5.84 Å². The summed E-state index contributed by atoms with van der Waals surface area (Å²) < 4.78 is 0. The van der Waals surface area contributed by atoms with Crippen LogP contribution in [0.25, 0.3) is 10.4 Å². The Labute approximate surface area is 132 Å². The van der Waals surface area contributed by atoms with Gasteiger partial charge in [0.15, 0.2) is 0 Å². The van der Waals surface area contributed by atoms with E-state index >= 15 is 0 Å². The molecule has 1 aromatic rings. The molecule has 1 aliphatic rings. The van der Waals surface area contributed by atoms with E-state index in [1.165, 1.54) is 24.3 Å². The zero-order valence-corrected chi connectivity index (χ0v) is 12.4. The summed E-state index contributed by atoms with van der Waals surface area (Å²) >= 11 is 0. The molecule has 0 aliphatic carbocycles. The zero-order chi connectivity index (χ0) is 16.8. The second kappa shape index (κ2) is 7.54. The van der Waals surface area contributed by atoms with Gasteiger partial charge in [0, 0.05) is 35.7 Å². The molecule has 122 valence electrons. The molecule has 0 atom stereocenters. The molecule has 1 heterocycles. The molecule has 0 unspecified atom stereocenters. The third kappa shape index (κ3) is 4.16. The normalized spacial score (nSPS) is 15.7. The van der Waals surface area contributed by atoms with Gasteiger partial charge in [-0.05, 0) is 24.4 Å².